The summed E-state index contributed by atoms with van der Waals surface area (Å²) in [7, 11) is 0. The second-order valence-electron chi connectivity index (χ2n) is 5.29. The van der Waals surface area contributed by atoms with Crippen LogP contribution in [0.15, 0.2) is 18.3 Å². The predicted octanol–water partition coefficient (Wildman–Crippen LogP) is 2.43. The number of carbonyl (C=O) groups excluding carboxylic acids is 1. The monoisotopic (exact) mass is 276 g/mol. The van der Waals surface area contributed by atoms with Gasteiger partial charge in [-0.15, -0.1) is 0 Å². The Morgan fingerprint density at radius 1 is 1.45 bits per heavy atom. The number of amides is 1. The van der Waals surface area contributed by atoms with E-state index < -0.39 is 5.97 Å². The second-order valence-corrected chi connectivity index (χ2v) is 5.29. The van der Waals surface area contributed by atoms with E-state index in [0.717, 1.165) is 32.4 Å². The SMILES string of the molecule is CCCC1CCCN(C(=O)c2ccc(C(=O)O)nc2)C1. The largest absolute Gasteiger partial charge is 0.477 e. The number of carboxylic acids is 1. The predicted molar refractivity (Wildman–Crippen MR) is 74.7 cm³/mol. The number of pyridine rings is 1. The number of carbonyl (C=O) groups is 2. The third-order valence-corrected chi connectivity index (χ3v) is 3.73. The molecule has 0 aliphatic carbocycles. The molecule has 1 saturated heterocycles. The molecule has 0 radical (unpaired) electrons. The summed E-state index contributed by atoms with van der Waals surface area (Å²) in [5.74, 6) is -0.538. The van der Waals surface area contributed by atoms with Crippen molar-refractivity contribution in [1.29, 1.82) is 0 Å². The first-order valence-electron chi connectivity index (χ1n) is 7.10. The highest BCUT2D eigenvalue weighted by molar-refractivity contribution is 5.95. The Morgan fingerprint density at radius 3 is 2.85 bits per heavy atom. The first-order valence-corrected chi connectivity index (χ1v) is 7.10. The van der Waals surface area contributed by atoms with Crippen LogP contribution in [0.4, 0.5) is 0 Å². The number of carboxylic acid groups (broad SMARTS) is 1. The molecule has 5 nitrogen and oxygen atoms in total. The first-order chi connectivity index (χ1) is 9.61. The number of rotatable bonds is 4. The molecule has 2 heterocycles. The third kappa shape index (κ3) is 3.35. The van der Waals surface area contributed by atoms with Gasteiger partial charge in [-0.25, -0.2) is 9.78 Å². The zero-order chi connectivity index (χ0) is 14.5. The van der Waals surface area contributed by atoms with Crippen LogP contribution in [0.5, 0.6) is 0 Å². The van der Waals surface area contributed by atoms with Gasteiger partial charge in [-0.1, -0.05) is 13.3 Å². The average Bonchev–Trinajstić information content (AvgIpc) is 2.47. The van der Waals surface area contributed by atoms with Gasteiger partial charge in [0.2, 0.25) is 0 Å². The van der Waals surface area contributed by atoms with E-state index in [1.807, 2.05) is 4.90 Å². The Bertz CT molecular complexity index is 482. The van der Waals surface area contributed by atoms with Crippen LogP contribution in [0.25, 0.3) is 0 Å². The lowest BCUT2D eigenvalue weighted by atomic mass is 9.93. The van der Waals surface area contributed by atoms with Gasteiger partial charge in [0, 0.05) is 19.3 Å². The van der Waals surface area contributed by atoms with Crippen molar-refractivity contribution in [3.63, 3.8) is 0 Å². The summed E-state index contributed by atoms with van der Waals surface area (Å²) in [4.78, 5) is 28.8. The Hall–Kier alpha value is -1.91. The van der Waals surface area contributed by atoms with Gasteiger partial charge in [0.25, 0.3) is 5.91 Å². The highest BCUT2D eigenvalue weighted by Gasteiger charge is 2.24. The standard InChI is InChI=1S/C15H20N2O3/c1-2-4-11-5-3-8-17(10-11)14(18)12-6-7-13(15(19)20)16-9-12/h6-7,9,11H,2-5,8,10H2,1H3,(H,19,20). The second kappa shape index (κ2) is 6.50. The molecule has 1 N–H and O–H groups in total. The molecule has 1 aromatic rings. The Labute approximate surface area is 118 Å². The van der Waals surface area contributed by atoms with Crippen LogP contribution in [0.1, 0.15) is 53.5 Å². The molecule has 1 aromatic heterocycles. The number of likely N-dealkylation sites (tertiary alicyclic amines) is 1. The minimum Gasteiger partial charge on any atom is -0.477 e. The molecular weight excluding hydrogens is 256 g/mol. The highest BCUT2D eigenvalue weighted by Crippen LogP contribution is 2.22. The fourth-order valence-corrected chi connectivity index (χ4v) is 2.72. The van der Waals surface area contributed by atoms with Crippen LogP contribution in [0.2, 0.25) is 0 Å². The molecule has 0 spiro atoms. The lowest BCUT2D eigenvalue weighted by molar-refractivity contribution is 0.0660. The van der Waals surface area contributed by atoms with E-state index in [2.05, 4.69) is 11.9 Å². The van der Waals surface area contributed by atoms with Crippen molar-refractivity contribution in [2.75, 3.05) is 13.1 Å². The third-order valence-electron chi connectivity index (χ3n) is 3.73. The zero-order valence-electron chi connectivity index (χ0n) is 11.7. The Balaban J connectivity index is 2.04. The quantitative estimate of drug-likeness (QED) is 0.917. The van der Waals surface area contributed by atoms with Gasteiger partial charge >= 0.3 is 5.97 Å². The maximum absolute atomic E-state index is 12.4. The molecule has 108 valence electrons. The normalized spacial score (nSPS) is 18.9. The summed E-state index contributed by atoms with van der Waals surface area (Å²) in [5, 5.41) is 8.80. The maximum Gasteiger partial charge on any atom is 0.354 e. The summed E-state index contributed by atoms with van der Waals surface area (Å²) in [5.41, 5.74) is 0.427. The summed E-state index contributed by atoms with van der Waals surface area (Å²) in [6.07, 6.45) is 5.88. The van der Waals surface area contributed by atoms with Crippen LogP contribution in [-0.2, 0) is 0 Å². The number of nitrogens with zero attached hydrogens (tertiary/aromatic N) is 2. The van der Waals surface area contributed by atoms with Gasteiger partial charge in [-0.05, 0) is 37.3 Å². The minimum atomic E-state index is -1.08. The van der Waals surface area contributed by atoms with Crippen LogP contribution in [-0.4, -0.2) is 40.0 Å². The maximum atomic E-state index is 12.4. The summed E-state index contributed by atoms with van der Waals surface area (Å²) in [6, 6.07) is 2.92. The molecule has 2 rings (SSSR count). The Kier molecular flexibility index (Phi) is 4.71. The zero-order valence-corrected chi connectivity index (χ0v) is 11.7. The topological polar surface area (TPSA) is 70.5 Å². The van der Waals surface area contributed by atoms with E-state index in [4.69, 9.17) is 5.11 Å². The van der Waals surface area contributed by atoms with Gasteiger partial charge in [-0.3, -0.25) is 4.79 Å². The minimum absolute atomic E-state index is 0.0379. The lowest BCUT2D eigenvalue weighted by Crippen LogP contribution is -2.39. The van der Waals surface area contributed by atoms with E-state index in [1.165, 1.54) is 18.7 Å². The molecule has 1 atom stereocenters. The molecule has 1 aliphatic rings. The summed E-state index contributed by atoms with van der Waals surface area (Å²) >= 11 is 0. The molecule has 5 heteroatoms. The fourth-order valence-electron chi connectivity index (χ4n) is 2.72. The number of hydrogen-bond donors (Lipinski definition) is 1. The van der Waals surface area contributed by atoms with Gasteiger partial charge < -0.3 is 10.0 Å². The molecule has 1 amide bonds. The number of piperidine rings is 1. The van der Waals surface area contributed by atoms with Gasteiger partial charge in [0.1, 0.15) is 5.69 Å². The van der Waals surface area contributed by atoms with Gasteiger partial charge in [0.15, 0.2) is 0 Å². The molecule has 1 fully saturated rings. The summed E-state index contributed by atoms with van der Waals surface area (Å²) < 4.78 is 0. The molecule has 1 aliphatic heterocycles. The average molecular weight is 276 g/mol. The number of hydrogen-bond acceptors (Lipinski definition) is 3. The number of aromatic nitrogens is 1. The molecule has 20 heavy (non-hydrogen) atoms. The molecule has 0 saturated carbocycles. The van der Waals surface area contributed by atoms with Crippen molar-refractivity contribution in [3.05, 3.63) is 29.6 Å². The first kappa shape index (κ1) is 14.5. The summed E-state index contributed by atoms with van der Waals surface area (Å²) in [6.45, 7) is 3.74. The van der Waals surface area contributed by atoms with Crippen molar-refractivity contribution in [2.45, 2.75) is 32.6 Å². The molecular formula is C15H20N2O3. The van der Waals surface area contributed by atoms with Crippen LogP contribution in [0.3, 0.4) is 0 Å². The Morgan fingerprint density at radius 2 is 2.25 bits per heavy atom. The smallest absolute Gasteiger partial charge is 0.354 e. The van der Waals surface area contributed by atoms with Crippen molar-refractivity contribution in [3.8, 4) is 0 Å². The van der Waals surface area contributed by atoms with Gasteiger partial charge in [-0.2, -0.15) is 0 Å². The van der Waals surface area contributed by atoms with Gasteiger partial charge in [0.05, 0.1) is 5.56 Å². The van der Waals surface area contributed by atoms with Crippen molar-refractivity contribution in [2.24, 2.45) is 5.92 Å². The number of aromatic carboxylic acids is 1. The lowest BCUT2D eigenvalue weighted by Gasteiger charge is -2.32. The van der Waals surface area contributed by atoms with E-state index in [1.54, 1.807) is 6.07 Å². The van der Waals surface area contributed by atoms with E-state index in [-0.39, 0.29) is 11.6 Å². The van der Waals surface area contributed by atoms with Crippen molar-refractivity contribution in [1.82, 2.24) is 9.88 Å². The van der Waals surface area contributed by atoms with Crippen LogP contribution >= 0.6 is 0 Å². The molecule has 0 bridgehead atoms. The molecule has 1 unspecified atom stereocenters. The highest BCUT2D eigenvalue weighted by atomic mass is 16.4. The van der Waals surface area contributed by atoms with Crippen molar-refractivity contribution >= 4 is 11.9 Å². The van der Waals surface area contributed by atoms with Crippen LogP contribution < -0.4 is 0 Å². The van der Waals surface area contributed by atoms with Crippen molar-refractivity contribution < 1.29 is 14.7 Å². The van der Waals surface area contributed by atoms with E-state index in [0.29, 0.717) is 11.5 Å². The van der Waals surface area contributed by atoms with E-state index >= 15 is 0 Å². The molecule has 0 aromatic carbocycles. The van der Waals surface area contributed by atoms with Crippen LogP contribution in [0, 0.1) is 5.92 Å². The fraction of sp³-hybridized carbons (Fsp3) is 0.533. The van der Waals surface area contributed by atoms with E-state index in [9.17, 15) is 9.59 Å².